The first-order chi connectivity index (χ1) is 7.31. The Morgan fingerprint density at radius 2 is 2.33 bits per heavy atom. The lowest BCUT2D eigenvalue weighted by atomic mass is 10.0. The molecule has 0 N–H and O–H groups in total. The molecule has 1 unspecified atom stereocenters. The molecule has 1 aromatic heterocycles. The number of likely N-dealkylation sites (tertiary alicyclic amines) is 1. The van der Waals surface area contributed by atoms with E-state index in [2.05, 4.69) is 9.88 Å². The topological polar surface area (TPSA) is 42.4 Å². The number of methoxy groups -OCH3 is 1. The van der Waals surface area contributed by atoms with Gasteiger partial charge in [0, 0.05) is 25.5 Å². The largest absolute Gasteiger partial charge is 0.468 e. The Morgan fingerprint density at radius 3 is 2.87 bits per heavy atom. The standard InChI is InChI=1S/C11H14N2O2/c1-15-11(14)10-4-7-13(10)8-9-2-5-12-6-3-9/h2-3,5-6,10H,4,7-8H2,1H3. The number of ether oxygens (including phenoxy) is 1. The SMILES string of the molecule is COC(=O)C1CCN1Cc1ccncc1. The van der Waals surface area contributed by atoms with Crippen molar-refractivity contribution in [3.8, 4) is 0 Å². The fraction of sp³-hybridized carbons (Fsp3) is 0.455. The molecule has 1 aliphatic rings. The maximum absolute atomic E-state index is 11.3. The predicted molar refractivity (Wildman–Crippen MR) is 55.1 cm³/mol. The normalized spacial score (nSPS) is 20.7. The van der Waals surface area contributed by atoms with Crippen LogP contribution in [0.1, 0.15) is 12.0 Å². The highest BCUT2D eigenvalue weighted by Gasteiger charge is 2.34. The van der Waals surface area contributed by atoms with Crippen molar-refractivity contribution in [1.29, 1.82) is 0 Å². The van der Waals surface area contributed by atoms with Crippen LogP contribution in [0.15, 0.2) is 24.5 Å². The van der Waals surface area contributed by atoms with Gasteiger partial charge in [-0.1, -0.05) is 0 Å². The van der Waals surface area contributed by atoms with Crippen molar-refractivity contribution in [2.75, 3.05) is 13.7 Å². The highest BCUT2D eigenvalue weighted by atomic mass is 16.5. The van der Waals surface area contributed by atoms with Crippen molar-refractivity contribution in [3.05, 3.63) is 30.1 Å². The van der Waals surface area contributed by atoms with Crippen molar-refractivity contribution in [2.45, 2.75) is 19.0 Å². The molecule has 2 rings (SSSR count). The summed E-state index contributed by atoms with van der Waals surface area (Å²) in [6.45, 7) is 1.75. The van der Waals surface area contributed by atoms with E-state index in [9.17, 15) is 4.79 Å². The van der Waals surface area contributed by atoms with E-state index < -0.39 is 0 Å². The van der Waals surface area contributed by atoms with Crippen LogP contribution in [0.4, 0.5) is 0 Å². The maximum atomic E-state index is 11.3. The first-order valence-corrected chi connectivity index (χ1v) is 5.02. The Hall–Kier alpha value is -1.42. The van der Waals surface area contributed by atoms with E-state index in [0.29, 0.717) is 0 Å². The molecular formula is C11H14N2O2. The smallest absolute Gasteiger partial charge is 0.323 e. The van der Waals surface area contributed by atoms with Gasteiger partial charge in [0.15, 0.2) is 0 Å². The molecule has 1 saturated heterocycles. The Labute approximate surface area is 88.9 Å². The van der Waals surface area contributed by atoms with E-state index in [1.165, 1.54) is 12.7 Å². The number of hydrogen-bond donors (Lipinski definition) is 0. The van der Waals surface area contributed by atoms with Gasteiger partial charge in [0.25, 0.3) is 0 Å². The van der Waals surface area contributed by atoms with Crippen LogP contribution in [0.3, 0.4) is 0 Å². The quantitative estimate of drug-likeness (QED) is 0.687. The molecule has 0 saturated carbocycles. The summed E-state index contributed by atoms with van der Waals surface area (Å²) in [5, 5.41) is 0. The third-order valence-corrected chi connectivity index (χ3v) is 2.74. The van der Waals surface area contributed by atoms with Crippen molar-refractivity contribution in [2.24, 2.45) is 0 Å². The maximum Gasteiger partial charge on any atom is 0.323 e. The Balaban J connectivity index is 1.94. The van der Waals surface area contributed by atoms with Gasteiger partial charge in [-0.3, -0.25) is 14.7 Å². The van der Waals surface area contributed by atoms with Crippen LogP contribution in [-0.2, 0) is 16.1 Å². The van der Waals surface area contributed by atoms with E-state index >= 15 is 0 Å². The van der Waals surface area contributed by atoms with Crippen molar-refractivity contribution < 1.29 is 9.53 Å². The van der Waals surface area contributed by atoms with Gasteiger partial charge in [0.05, 0.1) is 7.11 Å². The molecule has 4 nitrogen and oxygen atoms in total. The van der Waals surface area contributed by atoms with Crippen LogP contribution in [0.2, 0.25) is 0 Å². The summed E-state index contributed by atoms with van der Waals surface area (Å²) in [5.74, 6) is -0.129. The molecule has 0 aliphatic carbocycles. The first kappa shape index (κ1) is 10.1. The lowest BCUT2D eigenvalue weighted by Crippen LogP contribution is -2.52. The monoisotopic (exact) mass is 206 g/mol. The molecule has 0 aromatic carbocycles. The molecule has 4 heteroatoms. The highest BCUT2D eigenvalue weighted by Crippen LogP contribution is 2.21. The molecule has 1 atom stereocenters. The van der Waals surface area contributed by atoms with Crippen molar-refractivity contribution in [1.82, 2.24) is 9.88 Å². The van der Waals surface area contributed by atoms with Crippen molar-refractivity contribution >= 4 is 5.97 Å². The highest BCUT2D eigenvalue weighted by molar-refractivity contribution is 5.76. The second-order valence-electron chi connectivity index (χ2n) is 3.65. The minimum Gasteiger partial charge on any atom is -0.468 e. The lowest BCUT2D eigenvalue weighted by molar-refractivity contribution is -0.152. The molecule has 1 fully saturated rings. The van der Waals surface area contributed by atoms with Gasteiger partial charge in [0.2, 0.25) is 0 Å². The Morgan fingerprint density at radius 1 is 1.60 bits per heavy atom. The number of carbonyl (C=O) groups is 1. The molecule has 0 spiro atoms. The summed E-state index contributed by atoms with van der Waals surface area (Å²) in [7, 11) is 1.44. The van der Waals surface area contributed by atoms with Gasteiger partial charge in [0.1, 0.15) is 6.04 Å². The van der Waals surface area contributed by atoms with Gasteiger partial charge >= 0.3 is 5.97 Å². The van der Waals surface area contributed by atoms with Crippen LogP contribution in [-0.4, -0.2) is 35.5 Å². The average molecular weight is 206 g/mol. The summed E-state index contributed by atoms with van der Waals surface area (Å²) in [6, 6.07) is 3.88. The van der Waals surface area contributed by atoms with Gasteiger partial charge in [-0.15, -0.1) is 0 Å². The van der Waals surface area contributed by atoms with E-state index in [4.69, 9.17) is 4.74 Å². The van der Waals surface area contributed by atoms with Crippen LogP contribution < -0.4 is 0 Å². The van der Waals surface area contributed by atoms with Gasteiger partial charge in [-0.05, 0) is 24.1 Å². The third kappa shape index (κ3) is 2.15. The van der Waals surface area contributed by atoms with Crippen molar-refractivity contribution in [3.63, 3.8) is 0 Å². The molecule has 1 aliphatic heterocycles. The number of pyridine rings is 1. The Bertz CT molecular complexity index is 340. The molecule has 2 heterocycles. The van der Waals surface area contributed by atoms with Crippen LogP contribution in [0, 0.1) is 0 Å². The summed E-state index contributed by atoms with van der Waals surface area (Å²) in [4.78, 5) is 17.4. The Kier molecular flexibility index (Phi) is 2.97. The zero-order valence-corrected chi connectivity index (χ0v) is 8.72. The first-order valence-electron chi connectivity index (χ1n) is 5.02. The third-order valence-electron chi connectivity index (χ3n) is 2.74. The van der Waals surface area contributed by atoms with Crippen LogP contribution >= 0.6 is 0 Å². The summed E-state index contributed by atoms with van der Waals surface area (Å²) < 4.78 is 4.73. The molecule has 80 valence electrons. The molecule has 1 aromatic rings. The minimum absolute atomic E-state index is 0.0526. The molecule has 15 heavy (non-hydrogen) atoms. The summed E-state index contributed by atoms with van der Waals surface area (Å²) >= 11 is 0. The number of nitrogens with zero attached hydrogens (tertiary/aromatic N) is 2. The zero-order chi connectivity index (χ0) is 10.7. The number of esters is 1. The number of rotatable bonds is 3. The molecule has 0 radical (unpaired) electrons. The second-order valence-corrected chi connectivity index (χ2v) is 3.65. The van der Waals surface area contributed by atoms with Crippen LogP contribution in [0.25, 0.3) is 0 Å². The lowest BCUT2D eigenvalue weighted by Gasteiger charge is -2.38. The zero-order valence-electron chi connectivity index (χ0n) is 8.72. The predicted octanol–water partition coefficient (Wildman–Crippen LogP) is 0.829. The average Bonchev–Trinajstić information content (AvgIpc) is 2.25. The van der Waals surface area contributed by atoms with Crippen LogP contribution in [0.5, 0.6) is 0 Å². The van der Waals surface area contributed by atoms with E-state index in [0.717, 1.165) is 19.5 Å². The molecule has 0 amide bonds. The molecule has 0 bridgehead atoms. The number of carbonyl (C=O) groups excluding carboxylic acids is 1. The second kappa shape index (κ2) is 4.40. The van der Waals surface area contributed by atoms with E-state index in [1.807, 2.05) is 12.1 Å². The molecular weight excluding hydrogens is 192 g/mol. The van der Waals surface area contributed by atoms with Gasteiger partial charge in [-0.2, -0.15) is 0 Å². The van der Waals surface area contributed by atoms with Gasteiger partial charge in [-0.25, -0.2) is 0 Å². The summed E-state index contributed by atoms with van der Waals surface area (Å²) in [6.07, 6.45) is 4.43. The minimum atomic E-state index is -0.129. The number of aromatic nitrogens is 1. The fourth-order valence-corrected chi connectivity index (χ4v) is 1.76. The van der Waals surface area contributed by atoms with E-state index in [-0.39, 0.29) is 12.0 Å². The number of hydrogen-bond acceptors (Lipinski definition) is 4. The van der Waals surface area contributed by atoms with Gasteiger partial charge < -0.3 is 4.74 Å². The summed E-state index contributed by atoms with van der Waals surface area (Å²) in [5.41, 5.74) is 1.18. The van der Waals surface area contributed by atoms with E-state index in [1.54, 1.807) is 12.4 Å². The fourth-order valence-electron chi connectivity index (χ4n) is 1.76.